The highest BCUT2D eigenvalue weighted by atomic mass is 19.3. The van der Waals surface area contributed by atoms with Gasteiger partial charge in [0.25, 0.3) is 0 Å². The Bertz CT molecular complexity index is 507. The zero-order valence-electron chi connectivity index (χ0n) is 11.5. The van der Waals surface area contributed by atoms with E-state index in [0.717, 1.165) is 13.0 Å². The molecular weight excluding hydrogens is 286 g/mol. The van der Waals surface area contributed by atoms with Crippen LogP contribution in [0.25, 0.3) is 0 Å². The molecule has 0 saturated carbocycles. The number of ether oxygens (including phenoxy) is 2. The first-order valence-corrected chi connectivity index (χ1v) is 6.49. The van der Waals surface area contributed by atoms with E-state index in [1.165, 1.54) is 18.2 Å². The Kier molecular flexibility index (Phi) is 4.89. The molecule has 1 heterocycles. The first kappa shape index (κ1) is 15.4. The molecule has 0 N–H and O–H groups in total. The van der Waals surface area contributed by atoms with Crippen molar-refractivity contribution < 1.29 is 23.2 Å². The van der Waals surface area contributed by atoms with Crippen molar-refractivity contribution in [1.82, 2.24) is 0 Å². The average molecular weight is 302 g/mol. The highest BCUT2D eigenvalue weighted by Gasteiger charge is 2.22. The summed E-state index contributed by atoms with van der Waals surface area (Å²) in [4.78, 5) is 11.9. The molecule has 1 aromatic rings. The van der Waals surface area contributed by atoms with Gasteiger partial charge < -0.3 is 14.4 Å². The second-order valence-electron chi connectivity index (χ2n) is 4.90. The predicted octanol–water partition coefficient (Wildman–Crippen LogP) is 2.67. The summed E-state index contributed by atoms with van der Waals surface area (Å²) < 4.78 is 34.2. The van der Waals surface area contributed by atoms with E-state index in [4.69, 9.17) is 4.74 Å². The molecule has 0 aliphatic carbocycles. The molecule has 1 aromatic carbocycles. The van der Waals surface area contributed by atoms with Gasteiger partial charge in [-0.05, 0) is 12.5 Å². The van der Waals surface area contributed by atoms with Crippen molar-refractivity contribution >= 4 is 11.4 Å². The molecule has 1 aliphatic heterocycles. The van der Waals surface area contributed by atoms with E-state index in [0.29, 0.717) is 24.8 Å². The second kappa shape index (κ2) is 6.66. The maximum Gasteiger partial charge on any atom is 0.387 e. The van der Waals surface area contributed by atoms with E-state index < -0.39 is 23.0 Å². The standard InChI is InChI=1S/C13H16F2N2O4/c1-16(7-9-4-5-20-8-9)10-2-3-11(17(18)19)12(6-10)21-13(14)15/h2-3,6,9,13H,4-5,7-8H2,1H3. The monoisotopic (exact) mass is 302 g/mol. The third-order valence-corrected chi connectivity index (χ3v) is 3.35. The van der Waals surface area contributed by atoms with Gasteiger partial charge in [-0.15, -0.1) is 0 Å². The molecule has 0 bridgehead atoms. The van der Waals surface area contributed by atoms with Crippen LogP contribution in [0.2, 0.25) is 0 Å². The van der Waals surface area contributed by atoms with Crippen LogP contribution in [-0.4, -0.2) is 38.3 Å². The Balaban J connectivity index is 2.17. The Morgan fingerprint density at radius 3 is 2.90 bits per heavy atom. The van der Waals surface area contributed by atoms with E-state index in [-0.39, 0.29) is 0 Å². The lowest BCUT2D eigenvalue weighted by atomic mass is 10.1. The minimum Gasteiger partial charge on any atom is -0.427 e. The molecule has 1 saturated heterocycles. The predicted molar refractivity (Wildman–Crippen MR) is 71.9 cm³/mol. The number of nitro groups is 1. The van der Waals surface area contributed by atoms with E-state index in [2.05, 4.69) is 4.74 Å². The number of halogens is 2. The van der Waals surface area contributed by atoms with Crippen LogP contribution >= 0.6 is 0 Å². The first-order valence-electron chi connectivity index (χ1n) is 6.49. The summed E-state index contributed by atoms with van der Waals surface area (Å²) in [5.74, 6) is -0.0633. The van der Waals surface area contributed by atoms with Gasteiger partial charge in [0.05, 0.1) is 11.5 Å². The third kappa shape index (κ3) is 4.01. The maximum absolute atomic E-state index is 12.3. The minimum atomic E-state index is -3.10. The van der Waals surface area contributed by atoms with Crippen molar-refractivity contribution in [3.63, 3.8) is 0 Å². The van der Waals surface area contributed by atoms with Gasteiger partial charge in [-0.3, -0.25) is 10.1 Å². The average Bonchev–Trinajstić information content (AvgIpc) is 2.90. The maximum atomic E-state index is 12.3. The second-order valence-corrected chi connectivity index (χ2v) is 4.90. The van der Waals surface area contributed by atoms with Crippen molar-refractivity contribution in [2.24, 2.45) is 5.92 Å². The highest BCUT2D eigenvalue weighted by molar-refractivity contribution is 5.59. The van der Waals surface area contributed by atoms with Crippen molar-refractivity contribution in [3.05, 3.63) is 28.3 Å². The van der Waals surface area contributed by atoms with Crippen LogP contribution in [0.4, 0.5) is 20.2 Å². The van der Waals surface area contributed by atoms with Crippen molar-refractivity contribution in [2.45, 2.75) is 13.0 Å². The Hall–Kier alpha value is -1.96. The summed E-state index contributed by atoms with van der Waals surface area (Å²) in [6.07, 6.45) is 0.942. The number of hydrogen-bond donors (Lipinski definition) is 0. The van der Waals surface area contributed by atoms with Gasteiger partial charge in [0, 0.05) is 43.9 Å². The molecule has 0 radical (unpaired) electrons. The number of nitrogens with zero attached hydrogens (tertiary/aromatic N) is 2. The molecule has 1 unspecified atom stereocenters. The van der Waals surface area contributed by atoms with Crippen LogP contribution in [0.5, 0.6) is 5.75 Å². The topological polar surface area (TPSA) is 64.8 Å². The number of hydrogen-bond acceptors (Lipinski definition) is 5. The number of alkyl halides is 2. The summed E-state index contributed by atoms with van der Waals surface area (Å²) in [6.45, 7) is -1.03. The summed E-state index contributed by atoms with van der Waals surface area (Å²) >= 11 is 0. The van der Waals surface area contributed by atoms with E-state index in [1.807, 2.05) is 4.90 Å². The van der Waals surface area contributed by atoms with Crippen molar-refractivity contribution in [1.29, 1.82) is 0 Å². The molecule has 2 rings (SSSR count). The summed E-state index contributed by atoms with van der Waals surface area (Å²) in [5, 5.41) is 10.8. The fraction of sp³-hybridized carbons (Fsp3) is 0.538. The smallest absolute Gasteiger partial charge is 0.387 e. The summed E-state index contributed by atoms with van der Waals surface area (Å²) in [5.41, 5.74) is 0.111. The highest BCUT2D eigenvalue weighted by Crippen LogP contribution is 2.33. The molecule has 0 aromatic heterocycles. The van der Waals surface area contributed by atoms with Crippen LogP contribution in [0.15, 0.2) is 18.2 Å². The SMILES string of the molecule is CN(CC1CCOC1)c1ccc([N+](=O)[O-])c(OC(F)F)c1. The third-order valence-electron chi connectivity index (χ3n) is 3.35. The zero-order valence-corrected chi connectivity index (χ0v) is 11.5. The van der Waals surface area contributed by atoms with Crippen molar-refractivity contribution in [2.75, 3.05) is 31.7 Å². The number of benzene rings is 1. The van der Waals surface area contributed by atoms with E-state index >= 15 is 0 Å². The summed E-state index contributed by atoms with van der Waals surface area (Å²) in [6, 6.07) is 3.96. The fourth-order valence-corrected chi connectivity index (χ4v) is 2.30. The lowest BCUT2D eigenvalue weighted by Crippen LogP contribution is -2.25. The van der Waals surface area contributed by atoms with Gasteiger partial charge in [0.1, 0.15) is 0 Å². The number of nitro benzene ring substituents is 1. The lowest BCUT2D eigenvalue weighted by molar-refractivity contribution is -0.386. The molecule has 1 atom stereocenters. The van der Waals surface area contributed by atoms with Gasteiger partial charge in [-0.25, -0.2) is 0 Å². The van der Waals surface area contributed by atoms with Gasteiger partial charge in [-0.2, -0.15) is 8.78 Å². The van der Waals surface area contributed by atoms with E-state index in [1.54, 1.807) is 7.05 Å². The quantitative estimate of drug-likeness (QED) is 0.597. The Morgan fingerprint density at radius 1 is 1.57 bits per heavy atom. The fourth-order valence-electron chi connectivity index (χ4n) is 2.30. The minimum absolute atomic E-state index is 0.365. The zero-order chi connectivity index (χ0) is 15.4. The van der Waals surface area contributed by atoms with Gasteiger partial charge in [0.2, 0.25) is 5.75 Å². The van der Waals surface area contributed by atoms with Gasteiger partial charge in [-0.1, -0.05) is 0 Å². The van der Waals surface area contributed by atoms with Gasteiger partial charge in [0.15, 0.2) is 0 Å². The van der Waals surface area contributed by atoms with Crippen LogP contribution in [0.3, 0.4) is 0 Å². The Morgan fingerprint density at radius 2 is 2.33 bits per heavy atom. The molecule has 0 amide bonds. The molecule has 1 fully saturated rings. The van der Waals surface area contributed by atoms with Gasteiger partial charge >= 0.3 is 12.3 Å². The van der Waals surface area contributed by atoms with Crippen LogP contribution in [0.1, 0.15) is 6.42 Å². The number of anilines is 1. The van der Waals surface area contributed by atoms with Crippen LogP contribution in [0, 0.1) is 16.0 Å². The van der Waals surface area contributed by atoms with E-state index in [9.17, 15) is 18.9 Å². The molecule has 21 heavy (non-hydrogen) atoms. The normalized spacial score (nSPS) is 18.0. The first-order chi connectivity index (χ1) is 9.97. The molecular formula is C13H16F2N2O4. The molecule has 8 heteroatoms. The molecule has 1 aliphatic rings. The van der Waals surface area contributed by atoms with Crippen LogP contribution < -0.4 is 9.64 Å². The number of rotatable bonds is 6. The Labute approximate surface area is 120 Å². The largest absolute Gasteiger partial charge is 0.427 e. The molecule has 6 nitrogen and oxygen atoms in total. The molecule has 116 valence electrons. The lowest BCUT2D eigenvalue weighted by Gasteiger charge is -2.22. The summed E-state index contributed by atoms with van der Waals surface area (Å²) in [7, 11) is 1.80. The van der Waals surface area contributed by atoms with Crippen molar-refractivity contribution in [3.8, 4) is 5.75 Å². The van der Waals surface area contributed by atoms with Crippen LogP contribution in [-0.2, 0) is 4.74 Å². The molecule has 0 spiro atoms.